The van der Waals surface area contributed by atoms with E-state index in [1.165, 1.54) is 7.11 Å². The Hall–Kier alpha value is -1.88. The van der Waals surface area contributed by atoms with Gasteiger partial charge in [0, 0.05) is 5.56 Å². The van der Waals surface area contributed by atoms with E-state index in [2.05, 4.69) is 15.1 Å². The molecule has 0 heterocycles. The lowest BCUT2D eigenvalue weighted by atomic mass is 10.1. The van der Waals surface area contributed by atoms with Gasteiger partial charge in [-0.2, -0.15) is 4.89 Å². The van der Waals surface area contributed by atoms with Gasteiger partial charge < -0.3 is 5.32 Å². The minimum atomic E-state index is -0.649. The van der Waals surface area contributed by atoms with E-state index < -0.39 is 5.97 Å². The highest BCUT2D eigenvalue weighted by Crippen LogP contribution is 2.05. The first-order valence-electron chi connectivity index (χ1n) is 4.72. The van der Waals surface area contributed by atoms with Crippen LogP contribution in [0.3, 0.4) is 0 Å². The molecule has 0 saturated heterocycles. The first kappa shape index (κ1) is 12.2. The molecular weight excluding hydrogens is 210 g/mol. The number of aryl methyl sites for hydroxylation is 1. The van der Waals surface area contributed by atoms with Crippen molar-refractivity contribution < 1.29 is 19.4 Å². The number of benzene rings is 1. The zero-order chi connectivity index (χ0) is 12.0. The van der Waals surface area contributed by atoms with E-state index in [0.717, 1.165) is 5.56 Å². The molecule has 1 aromatic carbocycles. The molecular formula is C11H13NO4. The van der Waals surface area contributed by atoms with E-state index in [0.29, 0.717) is 5.56 Å². The van der Waals surface area contributed by atoms with Crippen LogP contribution in [0.4, 0.5) is 0 Å². The number of nitrogens with one attached hydrogen (secondary N) is 1. The van der Waals surface area contributed by atoms with Gasteiger partial charge in [0.25, 0.3) is 5.91 Å². The van der Waals surface area contributed by atoms with Gasteiger partial charge in [-0.15, -0.1) is 0 Å². The van der Waals surface area contributed by atoms with Crippen LogP contribution >= 0.6 is 0 Å². The van der Waals surface area contributed by atoms with Crippen LogP contribution < -0.4 is 5.32 Å². The van der Waals surface area contributed by atoms with Gasteiger partial charge in [0.1, 0.15) is 6.54 Å². The second kappa shape index (κ2) is 5.87. The quantitative estimate of drug-likeness (QED) is 0.606. The maximum atomic E-state index is 11.6. The van der Waals surface area contributed by atoms with Gasteiger partial charge in [-0.3, -0.25) is 9.68 Å². The van der Waals surface area contributed by atoms with Crippen molar-refractivity contribution in [1.82, 2.24) is 5.32 Å². The van der Waals surface area contributed by atoms with E-state index in [1.54, 1.807) is 12.1 Å². The minimum Gasteiger partial charge on any atom is -0.341 e. The van der Waals surface area contributed by atoms with E-state index in [9.17, 15) is 9.59 Å². The molecule has 0 radical (unpaired) electrons. The zero-order valence-electron chi connectivity index (χ0n) is 9.15. The smallest absolute Gasteiger partial charge is 0.341 e. The van der Waals surface area contributed by atoms with Gasteiger partial charge in [0.15, 0.2) is 0 Å². The molecule has 0 bridgehead atoms. The van der Waals surface area contributed by atoms with Crippen molar-refractivity contribution in [2.45, 2.75) is 6.92 Å². The number of carbonyl (C=O) groups excluding carboxylic acids is 2. The van der Waals surface area contributed by atoms with E-state index in [-0.39, 0.29) is 12.5 Å². The van der Waals surface area contributed by atoms with E-state index in [4.69, 9.17) is 0 Å². The van der Waals surface area contributed by atoms with Crippen molar-refractivity contribution in [2.75, 3.05) is 13.7 Å². The highest BCUT2D eigenvalue weighted by Gasteiger charge is 2.10. The van der Waals surface area contributed by atoms with E-state index >= 15 is 0 Å². The molecule has 0 fully saturated rings. The average Bonchev–Trinajstić information content (AvgIpc) is 2.27. The van der Waals surface area contributed by atoms with Gasteiger partial charge in [0.05, 0.1) is 7.11 Å². The molecule has 0 aliphatic carbocycles. The van der Waals surface area contributed by atoms with Gasteiger partial charge in [-0.05, 0) is 18.6 Å². The largest absolute Gasteiger partial charge is 0.361 e. The molecule has 1 rings (SSSR count). The molecule has 0 atom stereocenters. The predicted octanol–water partition coefficient (Wildman–Crippen LogP) is 0.829. The maximum Gasteiger partial charge on any atom is 0.361 e. The average molecular weight is 223 g/mol. The summed E-state index contributed by atoms with van der Waals surface area (Å²) in [6, 6.07) is 7.11. The molecule has 86 valence electrons. The molecule has 1 aromatic rings. The summed E-state index contributed by atoms with van der Waals surface area (Å²) in [5.74, 6) is -0.962. The fourth-order valence-electron chi connectivity index (χ4n) is 1.20. The third kappa shape index (κ3) is 3.36. The molecule has 1 amide bonds. The Morgan fingerprint density at radius 2 is 2.00 bits per heavy atom. The first-order valence-corrected chi connectivity index (χ1v) is 4.72. The summed E-state index contributed by atoms with van der Waals surface area (Å²) in [6.07, 6.45) is 0. The highest BCUT2D eigenvalue weighted by atomic mass is 17.2. The SMILES string of the molecule is COOC(=O)CNC(=O)c1ccccc1C. The molecule has 5 heteroatoms. The van der Waals surface area contributed by atoms with Crippen LogP contribution in [-0.4, -0.2) is 25.5 Å². The van der Waals surface area contributed by atoms with Gasteiger partial charge in [0.2, 0.25) is 0 Å². The Kier molecular flexibility index (Phi) is 4.47. The Morgan fingerprint density at radius 1 is 1.31 bits per heavy atom. The van der Waals surface area contributed by atoms with Crippen LogP contribution in [0, 0.1) is 6.92 Å². The monoisotopic (exact) mass is 223 g/mol. The number of carbonyl (C=O) groups is 2. The predicted molar refractivity (Wildman–Crippen MR) is 56.6 cm³/mol. The lowest BCUT2D eigenvalue weighted by Gasteiger charge is -2.06. The Morgan fingerprint density at radius 3 is 2.62 bits per heavy atom. The molecule has 5 nitrogen and oxygen atoms in total. The van der Waals surface area contributed by atoms with E-state index in [1.807, 2.05) is 19.1 Å². The standard InChI is InChI=1S/C11H13NO4/c1-8-5-3-4-6-9(8)11(14)12-7-10(13)16-15-2/h3-6H,7H2,1-2H3,(H,12,14). The van der Waals surface area contributed by atoms with Crippen LogP contribution in [0.1, 0.15) is 15.9 Å². The highest BCUT2D eigenvalue weighted by molar-refractivity contribution is 5.97. The fraction of sp³-hybridized carbons (Fsp3) is 0.273. The van der Waals surface area contributed by atoms with Crippen molar-refractivity contribution in [1.29, 1.82) is 0 Å². The van der Waals surface area contributed by atoms with Crippen molar-refractivity contribution in [3.05, 3.63) is 35.4 Å². The molecule has 0 aromatic heterocycles. The zero-order valence-corrected chi connectivity index (χ0v) is 9.15. The normalized spacial score (nSPS) is 9.62. The van der Waals surface area contributed by atoms with Crippen molar-refractivity contribution >= 4 is 11.9 Å². The van der Waals surface area contributed by atoms with Crippen molar-refractivity contribution in [3.63, 3.8) is 0 Å². The molecule has 0 unspecified atom stereocenters. The summed E-state index contributed by atoms with van der Waals surface area (Å²) in [5.41, 5.74) is 1.38. The number of amides is 1. The molecule has 0 aliphatic rings. The second-order valence-electron chi connectivity index (χ2n) is 3.12. The first-order chi connectivity index (χ1) is 7.65. The van der Waals surface area contributed by atoms with Crippen LogP contribution in [-0.2, 0) is 14.6 Å². The molecule has 0 saturated carbocycles. The Balaban J connectivity index is 2.54. The van der Waals surface area contributed by atoms with Crippen LogP contribution in [0.15, 0.2) is 24.3 Å². The topological polar surface area (TPSA) is 64.6 Å². The van der Waals surface area contributed by atoms with Gasteiger partial charge >= 0.3 is 5.97 Å². The van der Waals surface area contributed by atoms with Crippen LogP contribution in [0.25, 0.3) is 0 Å². The number of hydrogen-bond acceptors (Lipinski definition) is 4. The minimum absolute atomic E-state index is 0.221. The third-order valence-electron chi connectivity index (χ3n) is 1.96. The van der Waals surface area contributed by atoms with Crippen molar-refractivity contribution in [3.8, 4) is 0 Å². The van der Waals surface area contributed by atoms with Crippen LogP contribution in [0.5, 0.6) is 0 Å². The summed E-state index contributed by atoms with van der Waals surface area (Å²) in [7, 11) is 1.22. The summed E-state index contributed by atoms with van der Waals surface area (Å²) >= 11 is 0. The Labute approximate surface area is 93.3 Å². The molecule has 0 aliphatic heterocycles. The fourth-order valence-corrected chi connectivity index (χ4v) is 1.20. The number of hydrogen-bond donors (Lipinski definition) is 1. The lowest BCUT2D eigenvalue weighted by Crippen LogP contribution is -2.30. The molecule has 0 spiro atoms. The summed E-state index contributed by atoms with van der Waals surface area (Å²) in [4.78, 5) is 30.9. The summed E-state index contributed by atoms with van der Waals surface area (Å²) < 4.78 is 0. The summed E-state index contributed by atoms with van der Waals surface area (Å²) in [5, 5.41) is 2.43. The number of rotatable bonds is 4. The molecule has 1 N–H and O–H groups in total. The van der Waals surface area contributed by atoms with Gasteiger partial charge in [-0.1, -0.05) is 18.2 Å². The summed E-state index contributed by atoms with van der Waals surface area (Å²) in [6.45, 7) is 1.60. The van der Waals surface area contributed by atoms with Crippen LogP contribution in [0.2, 0.25) is 0 Å². The Bertz CT molecular complexity index is 389. The van der Waals surface area contributed by atoms with Crippen molar-refractivity contribution in [2.24, 2.45) is 0 Å². The lowest BCUT2D eigenvalue weighted by molar-refractivity contribution is -0.253. The molecule has 16 heavy (non-hydrogen) atoms. The third-order valence-corrected chi connectivity index (χ3v) is 1.96. The second-order valence-corrected chi connectivity index (χ2v) is 3.12. The maximum absolute atomic E-state index is 11.6. The van der Waals surface area contributed by atoms with Gasteiger partial charge in [-0.25, -0.2) is 4.79 Å².